The number of likely N-dealkylation sites (tertiary alicyclic amines) is 1. The normalized spacial score (nSPS) is 23.7. The van der Waals surface area contributed by atoms with E-state index >= 15 is 0 Å². The van der Waals surface area contributed by atoms with Crippen molar-refractivity contribution < 1.29 is 59.7 Å². The third-order valence-electron chi connectivity index (χ3n) is 12.8. The zero-order valence-corrected chi connectivity index (χ0v) is 36.6. The number of carbonyl (C=O) groups is 4. The summed E-state index contributed by atoms with van der Waals surface area (Å²) in [7, 11) is -3.75. The zero-order valence-electron chi connectivity index (χ0n) is 35.8. The first-order valence-corrected chi connectivity index (χ1v) is 22.9. The van der Waals surface area contributed by atoms with Crippen molar-refractivity contribution in [1.82, 2.24) is 19.9 Å². The molecule has 2 aromatic rings. The van der Waals surface area contributed by atoms with E-state index < -0.39 is 80.4 Å². The lowest BCUT2D eigenvalue weighted by molar-refractivity contribution is -0.244. The maximum Gasteiger partial charge on any atom is 0.427 e. The van der Waals surface area contributed by atoms with Crippen LogP contribution < -0.4 is 30.0 Å². The van der Waals surface area contributed by atoms with Crippen LogP contribution in [-0.4, -0.2) is 96.6 Å². The van der Waals surface area contributed by atoms with Gasteiger partial charge in [-0.3, -0.25) is 19.1 Å². The largest absolute Gasteiger partial charge is 0.486 e. The number of rotatable bonds is 17. The first-order valence-electron chi connectivity index (χ1n) is 21.4. The Morgan fingerprint density at radius 2 is 1.82 bits per heavy atom. The molecule has 2 saturated carbocycles. The molecule has 2 aliphatic heterocycles. The van der Waals surface area contributed by atoms with Gasteiger partial charge in [0.2, 0.25) is 39.2 Å². The number of hydrogen-bond acceptors (Lipinski definition) is 11. The second kappa shape index (κ2) is 18.5. The third kappa shape index (κ3) is 10.3. The molecule has 3 heterocycles. The summed E-state index contributed by atoms with van der Waals surface area (Å²) in [6, 6.07) is 2.68. The molecule has 7 atom stereocenters. The standard InChI is InChI=1S/C43H58F3N5O10S/c1-6-26(22-25(2)10-7-8-11-27-12-9-13-29(27)37(53)50-62(56,57)42(5)17-18-42)34(49-40(55)61-41(3,4)43(44,45)46)39(54)51-24-28(23-32(51)36(47)52)60-38-31-14-15-33-35(59-21-20-58-33)30(31)16-19-48-38/h8,11,14-16,19,25-29,32,34H,6-7,9-10,12-13,17-18,20-24H2,1-5H3,(H2,47,52)(H,49,55)(H,50,53)/b11-8-/t25-,26-,27-,28-,29?,32+,34+/m1/s1. The molecule has 0 radical (unpaired) electrons. The summed E-state index contributed by atoms with van der Waals surface area (Å²) in [4.78, 5) is 59.3. The molecule has 342 valence electrons. The van der Waals surface area contributed by atoms with Gasteiger partial charge in [0.05, 0.1) is 11.3 Å². The van der Waals surface area contributed by atoms with Crippen molar-refractivity contribution in [2.75, 3.05) is 19.8 Å². The lowest BCUT2D eigenvalue weighted by atomic mass is 9.84. The number of alkyl halides is 3. The molecule has 0 bridgehead atoms. The molecule has 3 fully saturated rings. The van der Waals surface area contributed by atoms with Crippen LogP contribution in [0.3, 0.4) is 0 Å². The number of aromatic nitrogens is 1. The molecular weight excluding hydrogens is 836 g/mol. The Labute approximate surface area is 360 Å². The highest BCUT2D eigenvalue weighted by atomic mass is 32.2. The van der Waals surface area contributed by atoms with E-state index in [4.69, 9.17) is 24.7 Å². The van der Waals surface area contributed by atoms with Crippen molar-refractivity contribution in [1.29, 1.82) is 0 Å². The second-order valence-corrected chi connectivity index (χ2v) is 20.0. The van der Waals surface area contributed by atoms with Gasteiger partial charge in [-0.05, 0) is 102 Å². The lowest BCUT2D eigenvalue weighted by Crippen LogP contribution is -2.57. The summed E-state index contributed by atoms with van der Waals surface area (Å²) in [5, 5.41) is 3.71. The summed E-state index contributed by atoms with van der Waals surface area (Å²) < 4.78 is 90.8. The van der Waals surface area contributed by atoms with Gasteiger partial charge in [-0.15, -0.1) is 0 Å². The number of nitrogens with one attached hydrogen (secondary N) is 2. The van der Waals surface area contributed by atoms with E-state index in [1.807, 2.05) is 19.1 Å². The van der Waals surface area contributed by atoms with Crippen molar-refractivity contribution in [2.24, 2.45) is 29.4 Å². The number of pyridine rings is 1. The molecule has 4 N–H and O–H groups in total. The number of sulfonamides is 1. The van der Waals surface area contributed by atoms with E-state index in [1.54, 1.807) is 32.0 Å². The van der Waals surface area contributed by atoms with Crippen LogP contribution >= 0.6 is 0 Å². The van der Waals surface area contributed by atoms with Gasteiger partial charge in [-0.2, -0.15) is 13.2 Å². The van der Waals surface area contributed by atoms with Gasteiger partial charge < -0.3 is 34.9 Å². The van der Waals surface area contributed by atoms with Gasteiger partial charge >= 0.3 is 12.3 Å². The van der Waals surface area contributed by atoms with E-state index in [2.05, 4.69) is 15.0 Å². The Bertz CT molecular complexity index is 2150. The highest BCUT2D eigenvalue weighted by Crippen LogP contribution is 2.43. The molecule has 4 aliphatic rings. The molecule has 1 aromatic carbocycles. The highest BCUT2D eigenvalue weighted by Gasteiger charge is 2.53. The fourth-order valence-electron chi connectivity index (χ4n) is 8.54. The first kappa shape index (κ1) is 46.7. The second-order valence-electron chi connectivity index (χ2n) is 17.8. The van der Waals surface area contributed by atoms with E-state index in [9.17, 15) is 40.8 Å². The van der Waals surface area contributed by atoms with Gasteiger partial charge in [-0.1, -0.05) is 38.8 Å². The summed E-state index contributed by atoms with van der Waals surface area (Å²) in [6.07, 6.45) is 3.36. The number of nitrogens with two attached hydrogens (primary N) is 1. The van der Waals surface area contributed by atoms with Gasteiger partial charge in [0.1, 0.15) is 31.4 Å². The third-order valence-corrected chi connectivity index (χ3v) is 15.0. The number of primary amides is 1. The number of hydrogen-bond donors (Lipinski definition) is 3. The Balaban J connectivity index is 1.15. The zero-order chi connectivity index (χ0) is 45.2. The Morgan fingerprint density at radius 1 is 1.10 bits per heavy atom. The van der Waals surface area contributed by atoms with Crippen molar-refractivity contribution in [3.63, 3.8) is 0 Å². The number of alkyl carbamates (subject to hydrolysis) is 1. The summed E-state index contributed by atoms with van der Waals surface area (Å²) in [5.74, 6) is -1.97. The fraction of sp³-hybridized carbons (Fsp3) is 0.651. The predicted octanol–water partition coefficient (Wildman–Crippen LogP) is 6.08. The van der Waals surface area contributed by atoms with Crippen molar-refractivity contribution in [2.45, 2.75) is 134 Å². The molecule has 62 heavy (non-hydrogen) atoms. The van der Waals surface area contributed by atoms with Crippen LogP contribution in [0, 0.1) is 23.7 Å². The quantitative estimate of drug-likeness (QED) is 0.155. The van der Waals surface area contributed by atoms with Gasteiger partial charge in [-0.25, -0.2) is 18.2 Å². The predicted molar refractivity (Wildman–Crippen MR) is 221 cm³/mol. The molecule has 1 saturated heterocycles. The smallest absolute Gasteiger partial charge is 0.427 e. The minimum Gasteiger partial charge on any atom is -0.486 e. The molecule has 15 nitrogen and oxygen atoms in total. The van der Waals surface area contributed by atoms with Gasteiger partial charge in [0.25, 0.3) is 0 Å². The molecule has 0 spiro atoms. The minimum atomic E-state index is -4.91. The topological polar surface area (TPSA) is 206 Å². The molecule has 1 aromatic heterocycles. The summed E-state index contributed by atoms with van der Waals surface area (Å²) >= 11 is 0. The van der Waals surface area contributed by atoms with E-state index in [-0.39, 0.29) is 30.7 Å². The Kier molecular flexibility index (Phi) is 13.9. The fourth-order valence-corrected chi connectivity index (χ4v) is 9.84. The van der Waals surface area contributed by atoms with Crippen LogP contribution in [0.4, 0.5) is 18.0 Å². The van der Waals surface area contributed by atoms with Crippen molar-refractivity contribution >= 4 is 44.6 Å². The number of fused-ring (bicyclic) bond motifs is 3. The van der Waals surface area contributed by atoms with E-state index in [1.165, 1.54) is 11.1 Å². The lowest BCUT2D eigenvalue weighted by Gasteiger charge is -2.34. The average Bonchev–Trinajstić information content (AvgIpc) is 3.58. The number of halogens is 3. The van der Waals surface area contributed by atoms with Crippen LogP contribution in [-0.2, 0) is 29.1 Å². The van der Waals surface area contributed by atoms with Crippen molar-refractivity contribution in [3.8, 4) is 17.4 Å². The van der Waals surface area contributed by atoms with Gasteiger partial charge in [0.15, 0.2) is 11.5 Å². The van der Waals surface area contributed by atoms with Crippen LogP contribution in [0.1, 0.15) is 98.8 Å². The maximum absolute atomic E-state index is 14.6. The van der Waals surface area contributed by atoms with Crippen LogP contribution in [0.25, 0.3) is 10.8 Å². The summed E-state index contributed by atoms with van der Waals surface area (Å²) in [5.41, 5.74) is 2.95. The molecule has 4 amide bonds. The van der Waals surface area contributed by atoms with E-state index in [0.29, 0.717) is 94.3 Å². The number of amides is 4. The van der Waals surface area contributed by atoms with Crippen LogP contribution in [0.2, 0.25) is 0 Å². The highest BCUT2D eigenvalue weighted by molar-refractivity contribution is 7.91. The minimum absolute atomic E-state index is 0.0137. The van der Waals surface area contributed by atoms with E-state index in [0.717, 1.165) is 12.8 Å². The number of nitrogens with zero attached hydrogens (tertiary/aromatic N) is 2. The number of benzene rings is 1. The first-order chi connectivity index (χ1) is 29.1. The maximum atomic E-state index is 14.6. The SMILES string of the molecule is CC[C@H](C[C@H](C)CC/C=C\[C@@H]1CCCC1C(=O)NS(=O)(=O)C1(C)CC1)[C@H](NC(=O)OC(C)(C)C(F)(F)F)C(=O)N1C[C@H](Oc2nccc3c4c(ccc23)OCCO4)C[C@H]1C(N)=O. The monoisotopic (exact) mass is 893 g/mol. The van der Waals surface area contributed by atoms with Gasteiger partial charge in [0, 0.05) is 29.3 Å². The molecule has 2 aliphatic carbocycles. The number of ether oxygens (including phenoxy) is 4. The number of allylic oxidation sites excluding steroid dienone is 2. The van der Waals surface area contributed by atoms with Crippen LogP contribution in [0.5, 0.6) is 17.4 Å². The average molecular weight is 894 g/mol. The molecular formula is C43H58F3N5O10S. The Hall–Kier alpha value is -4.81. The molecule has 6 rings (SSSR count). The van der Waals surface area contributed by atoms with Crippen molar-refractivity contribution in [3.05, 3.63) is 36.5 Å². The Morgan fingerprint density at radius 3 is 2.50 bits per heavy atom. The summed E-state index contributed by atoms with van der Waals surface area (Å²) in [6.45, 7) is 7.40. The molecule has 1 unspecified atom stereocenters. The number of carbonyl (C=O) groups excluding carboxylic acids is 4. The van der Waals surface area contributed by atoms with Crippen LogP contribution in [0.15, 0.2) is 36.5 Å². The molecule has 19 heteroatoms.